The summed E-state index contributed by atoms with van der Waals surface area (Å²) in [6.07, 6.45) is 8.52. The van der Waals surface area contributed by atoms with Gasteiger partial charge in [0.25, 0.3) is 5.89 Å². The Labute approximate surface area is 191 Å². The van der Waals surface area contributed by atoms with Crippen LogP contribution in [0.25, 0.3) is 22.6 Å². The summed E-state index contributed by atoms with van der Waals surface area (Å²) in [4.78, 5) is 24.4. The third-order valence-corrected chi connectivity index (χ3v) is 5.66. The summed E-state index contributed by atoms with van der Waals surface area (Å²) in [7, 11) is 1.58. The van der Waals surface area contributed by atoms with Gasteiger partial charge in [0.15, 0.2) is 5.82 Å². The number of carbonyl (C=O) groups is 1. The zero-order chi connectivity index (χ0) is 23.4. The van der Waals surface area contributed by atoms with Gasteiger partial charge in [0.1, 0.15) is 6.54 Å². The molecule has 4 rings (SSSR count). The minimum Gasteiger partial charge on any atom is -0.368 e. The monoisotopic (exact) mass is 446 g/mol. The van der Waals surface area contributed by atoms with Crippen molar-refractivity contribution in [3.05, 3.63) is 60.4 Å². The van der Waals surface area contributed by atoms with Crippen LogP contribution in [0.2, 0.25) is 0 Å². The molecule has 1 amide bonds. The molecule has 0 bridgehead atoms. The Balaban J connectivity index is 1.61. The highest BCUT2D eigenvalue weighted by molar-refractivity contribution is 5.75. The molecule has 10 nitrogen and oxygen atoms in total. The van der Waals surface area contributed by atoms with Crippen molar-refractivity contribution in [1.82, 2.24) is 35.2 Å². The Kier molecular flexibility index (Phi) is 6.16. The Morgan fingerprint density at radius 1 is 1.12 bits per heavy atom. The van der Waals surface area contributed by atoms with Gasteiger partial charge >= 0.3 is 0 Å². The van der Waals surface area contributed by atoms with Crippen molar-refractivity contribution in [2.45, 2.75) is 38.6 Å². The molecule has 0 aliphatic heterocycles. The Hall–Kier alpha value is -4.08. The Morgan fingerprint density at radius 3 is 2.52 bits per heavy atom. The van der Waals surface area contributed by atoms with Gasteiger partial charge in [-0.2, -0.15) is 10.1 Å². The van der Waals surface area contributed by atoms with Gasteiger partial charge in [-0.15, -0.1) is 0 Å². The molecule has 3 heterocycles. The van der Waals surface area contributed by atoms with Crippen LogP contribution in [0.3, 0.4) is 0 Å². The van der Waals surface area contributed by atoms with E-state index in [0.29, 0.717) is 17.3 Å². The lowest BCUT2D eigenvalue weighted by Gasteiger charge is -2.26. The van der Waals surface area contributed by atoms with Gasteiger partial charge in [0.05, 0.1) is 17.2 Å². The third-order valence-electron chi connectivity index (χ3n) is 5.66. The average Bonchev–Trinajstić information content (AvgIpc) is 3.50. The van der Waals surface area contributed by atoms with Crippen LogP contribution in [0.15, 0.2) is 53.6 Å². The molecule has 0 unspecified atom stereocenters. The number of nitrogen functional groups attached to an aromatic ring is 1. The van der Waals surface area contributed by atoms with E-state index in [1.165, 1.54) is 4.68 Å². The van der Waals surface area contributed by atoms with Crippen molar-refractivity contribution in [2.75, 3.05) is 12.8 Å². The zero-order valence-corrected chi connectivity index (χ0v) is 18.8. The summed E-state index contributed by atoms with van der Waals surface area (Å²) < 4.78 is 7.10. The summed E-state index contributed by atoms with van der Waals surface area (Å²) in [5, 5.41) is 11.1. The summed E-state index contributed by atoms with van der Waals surface area (Å²) in [6.45, 7) is 4.36. The molecule has 170 valence electrons. The number of hydrogen-bond acceptors (Lipinski definition) is 8. The molecule has 3 aromatic heterocycles. The molecule has 10 heteroatoms. The number of amides is 1. The van der Waals surface area contributed by atoms with E-state index in [2.05, 4.69) is 56.5 Å². The second kappa shape index (κ2) is 9.19. The van der Waals surface area contributed by atoms with Gasteiger partial charge in [-0.05, 0) is 24.5 Å². The third kappa shape index (κ3) is 4.59. The lowest BCUT2D eigenvalue weighted by Crippen LogP contribution is -2.25. The molecule has 0 saturated heterocycles. The molecular formula is C23H26N8O2. The fourth-order valence-electron chi connectivity index (χ4n) is 3.75. The van der Waals surface area contributed by atoms with Crippen molar-refractivity contribution in [1.29, 1.82) is 0 Å². The molecule has 0 saturated carbocycles. The van der Waals surface area contributed by atoms with E-state index in [9.17, 15) is 4.79 Å². The standard InChI is InChI=1S/C23H26N8O2/c1-4-9-23(2,18-7-5-15(6-8-18)16-10-26-22(24)27-11-16)21-29-20(33-30-21)17-12-28-31(13-17)14-19(32)25-3/h5-8,10-13H,4,9,14H2,1-3H3,(H,25,32)(H2,24,26,27)/t23-/m1/s1. The minimum atomic E-state index is -0.440. The number of nitrogens with zero attached hydrogens (tertiary/aromatic N) is 6. The second-order valence-corrected chi connectivity index (χ2v) is 8.01. The van der Waals surface area contributed by atoms with Gasteiger partial charge in [-0.3, -0.25) is 9.48 Å². The molecule has 33 heavy (non-hydrogen) atoms. The molecule has 0 radical (unpaired) electrons. The topological polar surface area (TPSA) is 138 Å². The van der Waals surface area contributed by atoms with Crippen molar-refractivity contribution in [3.8, 4) is 22.6 Å². The fourth-order valence-corrected chi connectivity index (χ4v) is 3.75. The quantitative estimate of drug-likeness (QED) is 0.421. The van der Waals surface area contributed by atoms with Gasteiger partial charge < -0.3 is 15.6 Å². The summed E-state index contributed by atoms with van der Waals surface area (Å²) in [5.74, 6) is 1.08. The van der Waals surface area contributed by atoms with Crippen LogP contribution >= 0.6 is 0 Å². The van der Waals surface area contributed by atoms with Crippen molar-refractivity contribution in [2.24, 2.45) is 0 Å². The number of aromatic nitrogens is 6. The maximum Gasteiger partial charge on any atom is 0.261 e. The number of anilines is 1. The number of nitrogens with one attached hydrogen (secondary N) is 1. The highest BCUT2D eigenvalue weighted by Gasteiger charge is 2.33. The Bertz CT molecular complexity index is 1230. The van der Waals surface area contributed by atoms with Crippen LogP contribution < -0.4 is 11.1 Å². The number of carbonyl (C=O) groups excluding carboxylic acids is 1. The summed E-state index contributed by atoms with van der Waals surface area (Å²) in [6, 6.07) is 8.20. The normalized spacial score (nSPS) is 12.9. The first kappa shape index (κ1) is 22.1. The summed E-state index contributed by atoms with van der Waals surface area (Å²) >= 11 is 0. The van der Waals surface area contributed by atoms with Crippen LogP contribution in [0.1, 0.15) is 38.1 Å². The highest BCUT2D eigenvalue weighted by Crippen LogP contribution is 2.36. The zero-order valence-electron chi connectivity index (χ0n) is 18.8. The van der Waals surface area contributed by atoms with Crippen LogP contribution in [-0.4, -0.2) is 42.8 Å². The number of nitrogens with two attached hydrogens (primary N) is 1. The number of benzene rings is 1. The van der Waals surface area contributed by atoms with E-state index < -0.39 is 5.41 Å². The predicted octanol–water partition coefficient (Wildman–Crippen LogP) is 2.82. The van der Waals surface area contributed by atoms with E-state index in [1.54, 1.807) is 31.8 Å². The molecule has 1 aromatic carbocycles. The van der Waals surface area contributed by atoms with Gasteiger partial charge in [0, 0.05) is 31.2 Å². The van der Waals surface area contributed by atoms with Crippen molar-refractivity contribution >= 4 is 11.9 Å². The molecule has 1 atom stereocenters. The maximum atomic E-state index is 11.6. The molecule has 4 aromatic rings. The van der Waals surface area contributed by atoms with Gasteiger partial charge in [-0.1, -0.05) is 42.8 Å². The van der Waals surface area contributed by atoms with Crippen LogP contribution in [0.4, 0.5) is 5.95 Å². The lowest BCUT2D eigenvalue weighted by molar-refractivity contribution is -0.121. The van der Waals surface area contributed by atoms with E-state index in [-0.39, 0.29) is 18.4 Å². The number of rotatable bonds is 8. The largest absolute Gasteiger partial charge is 0.368 e. The van der Waals surface area contributed by atoms with Crippen molar-refractivity contribution < 1.29 is 9.32 Å². The van der Waals surface area contributed by atoms with Gasteiger partial charge in [0.2, 0.25) is 11.9 Å². The molecule has 3 N–H and O–H groups in total. The highest BCUT2D eigenvalue weighted by atomic mass is 16.5. The lowest BCUT2D eigenvalue weighted by atomic mass is 9.77. The van der Waals surface area contributed by atoms with E-state index >= 15 is 0 Å². The van der Waals surface area contributed by atoms with E-state index in [4.69, 9.17) is 10.3 Å². The predicted molar refractivity (Wildman–Crippen MR) is 123 cm³/mol. The number of likely N-dealkylation sites (N-methyl/N-ethyl adjacent to an activating group) is 1. The molecule has 0 aliphatic carbocycles. The maximum absolute atomic E-state index is 11.6. The number of hydrogen-bond donors (Lipinski definition) is 2. The first-order chi connectivity index (χ1) is 15.9. The smallest absolute Gasteiger partial charge is 0.261 e. The second-order valence-electron chi connectivity index (χ2n) is 8.01. The SMILES string of the molecule is CCC[C@](C)(c1ccc(-c2cnc(N)nc2)cc1)c1noc(-c2cnn(CC(=O)NC)c2)n1. The minimum absolute atomic E-state index is 0.121. The van der Waals surface area contributed by atoms with Gasteiger partial charge in [-0.25, -0.2) is 9.97 Å². The molecule has 0 aliphatic rings. The van der Waals surface area contributed by atoms with E-state index in [1.807, 2.05) is 12.1 Å². The van der Waals surface area contributed by atoms with Crippen molar-refractivity contribution in [3.63, 3.8) is 0 Å². The van der Waals surface area contributed by atoms with E-state index in [0.717, 1.165) is 29.5 Å². The van der Waals surface area contributed by atoms with Crippen LogP contribution in [-0.2, 0) is 16.8 Å². The molecular weight excluding hydrogens is 420 g/mol. The first-order valence-electron chi connectivity index (χ1n) is 10.7. The summed E-state index contributed by atoms with van der Waals surface area (Å²) in [5.41, 5.74) is 8.77. The first-order valence-corrected chi connectivity index (χ1v) is 10.7. The Morgan fingerprint density at radius 2 is 1.85 bits per heavy atom. The average molecular weight is 447 g/mol. The molecule has 0 spiro atoms. The van der Waals surface area contributed by atoms with Crippen LogP contribution in [0, 0.1) is 0 Å². The van der Waals surface area contributed by atoms with Crippen LogP contribution in [0.5, 0.6) is 0 Å². The molecule has 0 fully saturated rings. The fraction of sp³-hybridized carbons (Fsp3) is 0.304.